The molecule has 2 heterocycles. The summed E-state index contributed by atoms with van der Waals surface area (Å²) in [5.74, 6) is -9.09. The van der Waals surface area contributed by atoms with Crippen LogP contribution in [0.1, 0.15) is 32.2 Å². The molecule has 0 fully saturated rings. The zero-order chi connectivity index (χ0) is 25.0. The van der Waals surface area contributed by atoms with E-state index in [1.807, 2.05) is 0 Å². The Morgan fingerprint density at radius 3 is 1.57 bits per heavy atom. The van der Waals surface area contributed by atoms with Crippen LogP contribution in [0.5, 0.6) is 0 Å². The number of benzene rings is 3. The van der Waals surface area contributed by atoms with Gasteiger partial charge in [0, 0.05) is 31.1 Å². The number of fused-ring (bicyclic) bond motifs is 2. The van der Waals surface area contributed by atoms with E-state index >= 15 is 0 Å². The van der Waals surface area contributed by atoms with Gasteiger partial charge in [-0.3, -0.25) is 19.2 Å². The number of Topliss-reactive ketones (excluding diaryl/α,β-unsaturated/α-hetero) is 2. The third-order valence-corrected chi connectivity index (χ3v) is 6.87. The van der Waals surface area contributed by atoms with Gasteiger partial charge in [-0.1, -0.05) is 30.3 Å². The number of carbonyl (C=O) groups is 4. The number of nitrogens with zero attached hydrogens (tertiary/aromatic N) is 2. The van der Waals surface area contributed by atoms with Crippen LogP contribution in [0.3, 0.4) is 0 Å². The molecule has 2 aliphatic rings. The third-order valence-electron chi connectivity index (χ3n) is 6.87. The van der Waals surface area contributed by atoms with E-state index < -0.39 is 52.8 Å². The molecule has 0 saturated heterocycles. The number of hydrogen-bond acceptors (Lipinski definition) is 4. The Balaban J connectivity index is 1.73. The van der Waals surface area contributed by atoms with Crippen molar-refractivity contribution in [2.24, 2.45) is 11.8 Å². The molecule has 0 saturated carbocycles. The molecule has 0 spiro atoms. The van der Waals surface area contributed by atoms with Crippen molar-refractivity contribution in [2.45, 2.75) is 5.92 Å². The molecule has 5 rings (SSSR count). The summed E-state index contributed by atoms with van der Waals surface area (Å²) >= 11 is 0. The van der Waals surface area contributed by atoms with Crippen LogP contribution >= 0.6 is 0 Å². The van der Waals surface area contributed by atoms with Gasteiger partial charge in [-0.2, -0.15) is 0 Å². The highest BCUT2D eigenvalue weighted by molar-refractivity contribution is 6.25. The van der Waals surface area contributed by atoms with Gasteiger partial charge in [0.1, 0.15) is 11.8 Å². The van der Waals surface area contributed by atoms with Crippen LogP contribution in [0.15, 0.2) is 66.7 Å². The van der Waals surface area contributed by atoms with Gasteiger partial charge in [0.15, 0.2) is 23.2 Å². The minimum Gasteiger partial charge on any atom is -0.314 e. The van der Waals surface area contributed by atoms with E-state index in [1.165, 1.54) is 30.0 Å². The number of rotatable bonds is 3. The average molecular weight is 474 g/mol. The van der Waals surface area contributed by atoms with Crippen molar-refractivity contribution >= 4 is 34.8 Å². The van der Waals surface area contributed by atoms with E-state index in [0.717, 1.165) is 12.1 Å². The number of hydrogen-bond donors (Lipinski definition) is 0. The van der Waals surface area contributed by atoms with Gasteiger partial charge in [0.2, 0.25) is 11.8 Å². The Morgan fingerprint density at radius 1 is 0.657 bits per heavy atom. The summed E-state index contributed by atoms with van der Waals surface area (Å²) in [7, 11) is 2.99. The number of ketones is 2. The molecule has 3 atom stereocenters. The molecule has 6 nitrogen and oxygen atoms in total. The molecule has 3 aromatic carbocycles. The van der Waals surface area contributed by atoms with Crippen LogP contribution in [-0.2, 0) is 9.59 Å². The van der Waals surface area contributed by atoms with Crippen molar-refractivity contribution in [3.8, 4) is 0 Å². The molecule has 0 aliphatic carbocycles. The normalized spacial score (nSPS) is 20.6. The SMILES string of the molecule is CN1C(=O)[C@H](C(c2ccc(F)c(F)c2)[C@H]2C(=O)c3ccccc3N(C)C2=O)C(=O)c2ccccc21. The second-order valence-electron chi connectivity index (χ2n) is 8.71. The van der Waals surface area contributed by atoms with Crippen LogP contribution < -0.4 is 9.80 Å². The van der Waals surface area contributed by atoms with Crippen molar-refractivity contribution in [2.75, 3.05) is 23.9 Å². The Labute approximate surface area is 199 Å². The third kappa shape index (κ3) is 3.36. The lowest BCUT2D eigenvalue weighted by molar-refractivity contribution is -0.124. The molecule has 2 amide bonds. The topological polar surface area (TPSA) is 74.8 Å². The van der Waals surface area contributed by atoms with E-state index in [1.54, 1.807) is 48.5 Å². The maximum Gasteiger partial charge on any atom is 0.238 e. The van der Waals surface area contributed by atoms with E-state index in [-0.39, 0.29) is 16.7 Å². The van der Waals surface area contributed by atoms with Crippen LogP contribution in [-0.4, -0.2) is 37.5 Å². The smallest absolute Gasteiger partial charge is 0.238 e. The second kappa shape index (κ2) is 8.23. The van der Waals surface area contributed by atoms with E-state index in [4.69, 9.17) is 0 Å². The van der Waals surface area contributed by atoms with Crippen molar-refractivity contribution in [3.05, 3.63) is 95.1 Å². The predicted octanol–water partition coefficient (Wildman–Crippen LogP) is 4.00. The molecule has 35 heavy (non-hydrogen) atoms. The summed E-state index contributed by atoms with van der Waals surface area (Å²) in [6.45, 7) is 0. The van der Waals surface area contributed by atoms with Crippen molar-refractivity contribution in [1.82, 2.24) is 0 Å². The molecule has 3 aromatic rings. The first-order chi connectivity index (χ1) is 16.7. The van der Waals surface area contributed by atoms with Gasteiger partial charge < -0.3 is 9.80 Å². The molecule has 0 radical (unpaired) electrons. The summed E-state index contributed by atoms with van der Waals surface area (Å²) in [6.07, 6.45) is 0. The Morgan fingerprint density at radius 2 is 1.11 bits per heavy atom. The first-order valence-corrected chi connectivity index (χ1v) is 11.0. The highest BCUT2D eigenvalue weighted by atomic mass is 19.2. The number of carbonyl (C=O) groups excluding carboxylic acids is 4. The van der Waals surface area contributed by atoms with Crippen LogP contribution in [0.25, 0.3) is 0 Å². The molecule has 176 valence electrons. The first kappa shape index (κ1) is 22.6. The average Bonchev–Trinajstić information content (AvgIpc) is 2.87. The minimum atomic E-state index is -1.49. The molecule has 0 bridgehead atoms. The highest BCUT2D eigenvalue weighted by Gasteiger charge is 2.52. The monoisotopic (exact) mass is 474 g/mol. The molecule has 1 unspecified atom stereocenters. The van der Waals surface area contributed by atoms with Gasteiger partial charge in [-0.05, 0) is 42.0 Å². The highest BCUT2D eigenvalue weighted by Crippen LogP contribution is 2.45. The number of amides is 2. The quantitative estimate of drug-likeness (QED) is 0.538. The van der Waals surface area contributed by atoms with Crippen LogP contribution in [0, 0.1) is 23.5 Å². The minimum absolute atomic E-state index is 0.0165. The maximum atomic E-state index is 14.4. The molecular formula is C27H20F2N2O4. The Hall–Kier alpha value is -4.20. The van der Waals surface area contributed by atoms with E-state index in [0.29, 0.717) is 11.4 Å². The number of anilines is 2. The number of halogens is 2. The standard InChI is InChI=1S/C27H20F2N2O4/c1-30-19-9-5-3-7-15(19)24(32)22(26(30)34)21(14-11-12-17(28)18(29)13-14)23-25(33)16-8-4-6-10-20(16)31(2)27(23)35/h3-13,21-23H,1-2H3/t21?,22-,23+. The zero-order valence-corrected chi connectivity index (χ0v) is 18.9. The number of para-hydroxylation sites is 2. The lowest BCUT2D eigenvalue weighted by Crippen LogP contribution is -2.52. The fraction of sp³-hybridized carbons (Fsp3) is 0.185. The van der Waals surface area contributed by atoms with Gasteiger partial charge >= 0.3 is 0 Å². The van der Waals surface area contributed by atoms with Crippen molar-refractivity contribution < 1.29 is 28.0 Å². The lowest BCUT2D eigenvalue weighted by Gasteiger charge is -2.40. The van der Waals surface area contributed by atoms with E-state index in [9.17, 15) is 28.0 Å². The predicted molar refractivity (Wildman–Crippen MR) is 124 cm³/mol. The van der Waals surface area contributed by atoms with Gasteiger partial charge in [-0.15, -0.1) is 0 Å². The van der Waals surface area contributed by atoms with Gasteiger partial charge in [0.05, 0.1) is 11.4 Å². The van der Waals surface area contributed by atoms with Gasteiger partial charge in [0.25, 0.3) is 0 Å². The molecule has 0 N–H and O–H groups in total. The van der Waals surface area contributed by atoms with Crippen LogP contribution in [0.4, 0.5) is 20.2 Å². The summed E-state index contributed by atoms with van der Waals surface area (Å²) < 4.78 is 28.2. The largest absolute Gasteiger partial charge is 0.314 e. The van der Waals surface area contributed by atoms with Crippen molar-refractivity contribution in [1.29, 1.82) is 0 Å². The molecule has 0 aromatic heterocycles. The summed E-state index contributed by atoms with van der Waals surface area (Å²) in [5, 5.41) is 0. The maximum absolute atomic E-state index is 14.4. The first-order valence-electron chi connectivity index (χ1n) is 11.0. The summed E-state index contributed by atoms with van der Waals surface area (Å²) in [4.78, 5) is 57.0. The summed E-state index contributed by atoms with van der Waals surface area (Å²) in [6, 6.07) is 15.9. The fourth-order valence-electron chi connectivity index (χ4n) is 5.09. The zero-order valence-electron chi connectivity index (χ0n) is 18.9. The molecule has 2 aliphatic heterocycles. The fourth-order valence-corrected chi connectivity index (χ4v) is 5.09. The van der Waals surface area contributed by atoms with Crippen LogP contribution in [0.2, 0.25) is 0 Å². The lowest BCUT2D eigenvalue weighted by atomic mass is 9.68. The molecule has 8 heteroatoms. The van der Waals surface area contributed by atoms with Crippen molar-refractivity contribution in [3.63, 3.8) is 0 Å². The van der Waals surface area contributed by atoms with E-state index in [2.05, 4.69) is 0 Å². The summed E-state index contributed by atoms with van der Waals surface area (Å²) in [5.41, 5.74) is 1.30. The van der Waals surface area contributed by atoms with Gasteiger partial charge in [-0.25, -0.2) is 8.78 Å². The Kier molecular flexibility index (Phi) is 5.31. The Bertz CT molecular complexity index is 1340. The second-order valence-corrected chi connectivity index (χ2v) is 8.71. The molecular weight excluding hydrogens is 454 g/mol.